The van der Waals surface area contributed by atoms with Gasteiger partial charge in [-0.25, -0.2) is 4.98 Å². The third-order valence-corrected chi connectivity index (χ3v) is 5.06. The van der Waals surface area contributed by atoms with Gasteiger partial charge in [0.15, 0.2) is 4.96 Å². The standard InChI is InChI=1S/C15H23N3S/c1-2-7-16-12-15(5-3-4-6-15)10-13-11-18-8-9-19-14(18)17-13/h8-9,11,16H,2-7,10,12H2,1H3. The lowest BCUT2D eigenvalue weighted by Crippen LogP contribution is -2.34. The minimum atomic E-state index is 0.458. The first-order chi connectivity index (χ1) is 9.31. The summed E-state index contributed by atoms with van der Waals surface area (Å²) in [6.45, 7) is 4.53. The zero-order valence-corrected chi connectivity index (χ0v) is 12.5. The van der Waals surface area contributed by atoms with Crippen molar-refractivity contribution in [2.24, 2.45) is 5.41 Å². The van der Waals surface area contributed by atoms with Gasteiger partial charge < -0.3 is 5.32 Å². The summed E-state index contributed by atoms with van der Waals surface area (Å²) in [5.74, 6) is 0. The van der Waals surface area contributed by atoms with Gasteiger partial charge in [0.25, 0.3) is 0 Å². The van der Waals surface area contributed by atoms with Gasteiger partial charge in [0.05, 0.1) is 5.69 Å². The molecule has 3 nitrogen and oxygen atoms in total. The van der Waals surface area contributed by atoms with E-state index in [0.717, 1.165) is 24.5 Å². The minimum Gasteiger partial charge on any atom is -0.316 e. The highest BCUT2D eigenvalue weighted by Gasteiger charge is 2.34. The molecule has 0 bridgehead atoms. The largest absolute Gasteiger partial charge is 0.316 e. The van der Waals surface area contributed by atoms with Crippen molar-refractivity contribution < 1.29 is 0 Å². The number of hydrogen-bond acceptors (Lipinski definition) is 3. The molecule has 0 aromatic carbocycles. The fourth-order valence-electron chi connectivity index (χ4n) is 3.32. The molecule has 0 amide bonds. The van der Waals surface area contributed by atoms with Crippen LogP contribution in [-0.2, 0) is 6.42 Å². The molecule has 0 saturated heterocycles. The van der Waals surface area contributed by atoms with Crippen LogP contribution in [0.1, 0.15) is 44.7 Å². The Morgan fingerprint density at radius 2 is 2.26 bits per heavy atom. The van der Waals surface area contributed by atoms with Crippen LogP contribution in [0.4, 0.5) is 0 Å². The molecule has 3 rings (SSSR count). The van der Waals surface area contributed by atoms with Gasteiger partial charge in [-0.15, -0.1) is 11.3 Å². The molecule has 19 heavy (non-hydrogen) atoms. The monoisotopic (exact) mass is 277 g/mol. The molecule has 1 aliphatic carbocycles. The second kappa shape index (κ2) is 5.63. The van der Waals surface area contributed by atoms with E-state index >= 15 is 0 Å². The molecular formula is C15H23N3S. The molecule has 2 heterocycles. The average Bonchev–Trinajstić information content (AvgIpc) is 3.06. The molecule has 0 spiro atoms. The summed E-state index contributed by atoms with van der Waals surface area (Å²) in [7, 11) is 0. The molecular weight excluding hydrogens is 254 g/mol. The third-order valence-electron chi connectivity index (χ3n) is 4.29. The van der Waals surface area contributed by atoms with Crippen LogP contribution in [0.3, 0.4) is 0 Å². The Balaban J connectivity index is 1.71. The van der Waals surface area contributed by atoms with Gasteiger partial charge in [-0.2, -0.15) is 0 Å². The van der Waals surface area contributed by atoms with E-state index < -0.39 is 0 Å². The smallest absolute Gasteiger partial charge is 0.193 e. The SMILES string of the molecule is CCCNCC1(Cc2cn3ccsc3n2)CCCC1. The summed E-state index contributed by atoms with van der Waals surface area (Å²) in [4.78, 5) is 5.89. The van der Waals surface area contributed by atoms with E-state index in [-0.39, 0.29) is 0 Å². The lowest BCUT2D eigenvalue weighted by molar-refractivity contribution is 0.276. The highest BCUT2D eigenvalue weighted by molar-refractivity contribution is 7.15. The van der Waals surface area contributed by atoms with Crippen LogP contribution in [0.15, 0.2) is 17.8 Å². The van der Waals surface area contributed by atoms with Crippen LogP contribution in [0.25, 0.3) is 4.96 Å². The van der Waals surface area contributed by atoms with Gasteiger partial charge in [0, 0.05) is 24.3 Å². The van der Waals surface area contributed by atoms with E-state index in [0.29, 0.717) is 5.41 Å². The fraction of sp³-hybridized carbons (Fsp3) is 0.667. The van der Waals surface area contributed by atoms with Crippen molar-refractivity contribution in [1.82, 2.24) is 14.7 Å². The molecule has 0 aliphatic heterocycles. The number of thiazole rings is 1. The first-order valence-corrected chi connectivity index (χ1v) is 8.31. The molecule has 0 unspecified atom stereocenters. The fourth-order valence-corrected chi connectivity index (χ4v) is 4.04. The van der Waals surface area contributed by atoms with Gasteiger partial charge in [-0.1, -0.05) is 19.8 Å². The van der Waals surface area contributed by atoms with E-state index in [2.05, 4.69) is 34.4 Å². The molecule has 1 aliphatic rings. The zero-order chi connectivity index (χ0) is 13.1. The number of rotatable bonds is 6. The number of aromatic nitrogens is 2. The Morgan fingerprint density at radius 1 is 1.42 bits per heavy atom. The van der Waals surface area contributed by atoms with Crippen LogP contribution in [0.2, 0.25) is 0 Å². The number of hydrogen-bond donors (Lipinski definition) is 1. The molecule has 1 saturated carbocycles. The highest BCUT2D eigenvalue weighted by Crippen LogP contribution is 2.40. The minimum absolute atomic E-state index is 0.458. The van der Waals surface area contributed by atoms with Crippen molar-refractivity contribution in [3.63, 3.8) is 0 Å². The Hall–Kier alpha value is -0.870. The summed E-state index contributed by atoms with van der Waals surface area (Å²) in [5, 5.41) is 5.73. The van der Waals surface area contributed by atoms with Crippen molar-refractivity contribution in [2.75, 3.05) is 13.1 Å². The van der Waals surface area contributed by atoms with Crippen molar-refractivity contribution in [1.29, 1.82) is 0 Å². The molecule has 2 aromatic heterocycles. The number of fused-ring (bicyclic) bond motifs is 1. The Labute approximate surface area is 119 Å². The summed E-state index contributed by atoms with van der Waals surface area (Å²) in [6, 6.07) is 0. The van der Waals surface area contributed by atoms with Crippen molar-refractivity contribution in [2.45, 2.75) is 45.4 Å². The predicted molar refractivity (Wildman–Crippen MR) is 80.8 cm³/mol. The normalized spacial score (nSPS) is 18.4. The second-order valence-electron chi connectivity index (χ2n) is 5.89. The van der Waals surface area contributed by atoms with Crippen molar-refractivity contribution >= 4 is 16.3 Å². The molecule has 0 radical (unpaired) electrons. The van der Waals surface area contributed by atoms with Crippen LogP contribution >= 0.6 is 11.3 Å². The second-order valence-corrected chi connectivity index (χ2v) is 6.76. The molecule has 0 atom stereocenters. The number of imidazole rings is 1. The van der Waals surface area contributed by atoms with E-state index in [9.17, 15) is 0 Å². The van der Waals surface area contributed by atoms with E-state index in [1.165, 1.54) is 37.8 Å². The average molecular weight is 277 g/mol. The molecule has 4 heteroatoms. The third kappa shape index (κ3) is 2.84. The topological polar surface area (TPSA) is 29.3 Å². The zero-order valence-electron chi connectivity index (χ0n) is 11.7. The first-order valence-electron chi connectivity index (χ1n) is 7.43. The summed E-state index contributed by atoms with van der Waals surface area (Å²) in [5.41, 5.74) is 1.73. The Morgan fingerprint density at radius 3 is 3.00 bits per heavy atom. The predicted octanol–water partition coefficient (Wildman–Crippen LogP) is 3.50. The van der Waals surface area contributed by atoms with Crippen molar-refractivity contribution in [3.8, 4) is 0 Å². The van der Waals surface area contributed by atoms with Gasteiger partial charge in [-0.05, 0) is 37.6 Å². The van der Waals surface area contributed by atoms with Gasteiger partial charge >= 0.3 is 0 Å². The van der Waals surface area contributed by atoms with Crippen LogP contribution < -0.4 is 5.32 Å². The maximum absolute atomic E-state index is 4.76. The number of nitrogens with one attached hydrogen (secondary N) is 1. The lowest BCUT2D eigenvalue weighted by Gasteiger charge is -2.28. The van der Waals surface area contributed by atoms with E-state index in [4.69, 9.17) is 4.98 Å². The number of nitrogens with zero attached hydrogens (tertiary/aromatic N) is 2. The molecule has 104 valence electrons. The Kier molecular flexibility index (Phi) is 3.89. The van der Waals surface area contributed by atoms with Crippen LogP contribution in [0.5, 0.6) is 0 Å². The lowest BCUT2D eigenvalue weighted by atomic mass is 9.81. The van der Waals surface area contributed by atoms with Gasteiger partial charge in [-0.3, -0.25) is 4.40 Å². The van der Waals surface area contributed by atoms with Gasteiger partial charge in [0.2, 0.25) is 0 Å². The summed E-state index contributed by atoms with van der Waals surface area (Å²) < 4.78 is 2.15. The highest BCUT2D eigenvalue weighted by atomic mass is 32.1. The Bertz CT molecular complexity index is 494. The summed E-state index contributed by atoms with van der Waals surface area (Å²) >= 11 is 1.72. The van der Waals surface area contributed by atoms with Gasteiger partial charge in [0.1, 0.15) is 0 Å². The van der Waals surface area contributed by atoms with E-state index in [1.807, 2.05) is 0 Å². The summed E-state index contributed by atoms with van der Waals surface area (Å²) in [6.07, 6.45) is 12.2. The van der Waals surface area contributed by atoms with Crippen LogP contribution in [0, 0.1) is 5.41 Å². The molecule has 1 fully saturated rings. The first kappa shape index (κ1) is 13.1. The van der Waals surface area contributed by atoms with Crippen LogP contribution in [-0.4, -0.2) is 22.5 Å². The quantitative estimate of drug-likeness (QED) is 0.819. The van der Waals surface area contributed by atoms with Crippen molar-refractivity contribution in [3.05, 3.63) is 23.5 Å². The maximum atomic E-state index is 4.76. The maximum Gasteiger partial charge on any atom is 0.193 e. The van der Waals surface area contributed by atoms with E-state index in [1.54, 1.807) is 11.3 Å². The molecule has 2 aromatic rings. The molecule has 1 N–H and O–H groups in total.